The van der Waals surface area contributed by atoms with Crippen molar-refractivity contribution in [2.24, 2.45) is 0 Å². The van der Waals surface area contributed by atoms with E-state index in [0.29, 0.717) is 16.4 Å². The van der Waals surface area contributed by atoms with E-state index in [1.807, 2.05) is 19.1 Å². The number of halogens is 1. The average Bonchev–Trinajstić information content (AvgIpc) is 2.90. The number of benzene rings is 4. The second kappa shape index (κ2) is 11.5. The molecular formula is C28H26ClN3O5S2. The average molecular weight is 584 g/mol. The van der Waals surface area contributed by atoms with Crippen molar-refractivity contribution < 1.29 is 21.6 Å². The zero-order valence-electron chi connectivity index (χ0n) is 21.1. The Kier molecular flexibility index (Phi) is 8.29. The third-order valence-corrected chi connectivity index (χ3v) is 9.20. The van der Waals surface area contributed by atoms with Crippen LogP contribution >= 0.6 is 11.6 Å². The molecule has 0 bridgehead atoms. The van der Waals surface area contributed by atoms with Gasteiger partial charge in [0.15, 0.2) is 0 Å². The highest BCUT2D eigenvalue weighted by Crippen LogP contribution is 2.27. The van der Waals surface area contributed by atoms with Gasteiger partial charge in [-0.05, 0) is 85.6 Å². The summed E-state index contributed by atoms with van der Waals surface area (Å²) in [6.45, 7) is 3.14. The van der Waals surface area contributed by atoms with E-state index in [0.717, 1.165) is 15.4 Å². The Morgan fingerprint density at radius 1 is 0.795 bits per heavy atom. The largest absolute Gasteiger partial charge is 0.325 e. The first kappa shape index (κ1) is 28.2. The van der Waals surface area contributed by atoms with Crippen molar-refractivity contribution in [2.45, 2.75) is 23.6 Å². The predicted octanol–water partition coefficient (Wildman–Crippen LogP) is 5.59. The summed E-state index contributed by atoms with van der Waals surface area (Å²) in [7, 11) is -7.96. The summed E-state index contributed by atoms with van der Waals surface area (Å²) in [5.74, 6) is -0.626. The molecule has 0 atom stereocenters. The topological polar surface area (TPSA) is 113 Å². The number of nitrogens with zero attached hydrogens (tertiary/aromatic N) is 1. The predicted molar refractivity (Wildman–Crippen MR) is 154 cm³/mol. The van der Waals surface area contributed by atoms with Gasteiger partial charge in [-0.15, -0.1) is 0 Å². The maximum Gasteiger partial charge on any atom is 0.264 e. The molecule has 0 heterocycles. The fourth-order valence-electron chi connectivity index (χ4n) is 3.76. The second-order valence-electron chi connectivity index (χ2n) is 8.80. The van der Waals surface area contributed by atoms with Gasteiger partial charge in [0.1, 0.15) is 6.54 Å². The third-order valence-electron chi connectivity index (χ3n) is 5.80. The van der Waals surface area contributed by atoms with Crippen LogP contribution in [0.4, 0.5) is 17.1 Å². The number of carbonyl (C=O) groups is 1. The molecule has 1 amide bonds. The molecule has 0 aromatic heterocycles. The minimum Gasteiger partial charge on any atom is -0.325 e. The molecular weight excluding hydrogens is 558 g/mol. The van der Waals surface area contributed by atoms with Crippen LogP contribution < -0.4 is 14.3 Å². The van der Waals surface area contributed by atoms with Crippen LogP contribution in [0.15, 0.2) is 107 Å². The maximum absolute atomic E-state index is 13.4. The highest BCUT2D eigenvalue weighted by Gasteiger charge is 2.27. The molecule has 4 rings (SSSR count). The normalized spacial score (nSPS) is 11.6. The Labute approximate surface area is 233 Å². The number of sulfonamides is 2. The van der Waals surface area contributed by atoms with Gasteiger partial charge in [0, 0.05) is 10.7 Å². The monoisotopic (exact) mass is 583 g/mol. The maximum atomic E-state index is 13.4. The van der Waals surface area contributed by atoms with Crippen LogP contribution in [0.25, 0.3) is 0 Å². The number of hydrogen-bond acceptors (Lipinski definition) is 5. The van der Waals surface area contributed by atoms with Crippen LogP contribution in [0.3, 0.4) is 0 Å². The smallest absolute Gasteiger partial charge is 0.264 e. The van der Waals surface area contributed by atoms with Gasteiger partial charge in [0.05, 0.1) is 21.2 Å². The number of carbonyl (C=O) groups excluding carboxylic acids is 1. The molecule has 0 radical (unpaired) electrons. The van der Waals surface area contributed by atoms with Crippen molar-refractivity contribution in [3.8, 4) is 0 Å². The number of aryl methyl sites for hydroxylation is 2. The van der Waals surface area contributed by atoms with Gasteiger partial charge in [-0.25, -0.2) is 16.8 Å². The van der Waals surface area contributed by atoms with E-state index < -0.39 is 32.5 Å². The second-order valence-corrected chi connectivity index (χ2v) is 12.8. The van der Waals surface area contributed by atoms with Crippen molar-refractivity contribution in [3.63, 3.8) is 0 Å². The number of rotatable bonds is 9. The summed E-state index contributed by atoms with van der Waals surface area (Å²) in [5.41, 5.74) is 2.70. The van der Waals surface area contributed by atoms with Gasteiger partial charge in [0.25, 0.3) is 20.0 Å². The van der Waals surface area contributed by atoms with E-state index in [-0.39, 0.29) is 15.5 Å². The number of anilines is 3. The Balaban J connectivity index is 1.53. The van der Waals surface area contributed by atoms with E-state index in [1.165, 1.54) is 42.5 Å². The molecule has 0 spiro atoms. The zero-order valence-corrected chi connectivity index (χ0v) is 23.5. The number of nitrogens with one attached hydrogen (secondary N) is 2. The molecule has 39 heavy (non-hydrogen) atoms. The molecule has 4 aromatic rings. The number of amides is 1. The molecule has 0 saturated heterocycles. The molecule has 0 aliphatic heterocycles. The summed E-state index contributed by atoms with van der Waals surface area (Å²) in [6, 6.07) is 25.0. The van der Waals surface area contributed by atoms with Crippen LogP contribution in [-0.2, 0) is 24.8 Å². The summed E-state index contributed by atoms with van der Waals surface area (Å²) in [6.07, 6.45) is 0. The first-order valence-corrected chi connectivity index (χ1v) is 15.1. The van der Waals surface area contributed by atoms with Crippen LogP contribution in [0.2, 0.25) is 5.02 Å². The first-order valence-electron chi connectivity index (χ1n) is 11.8. The van der Waals surface area contributed by atoms with Gasteiger partial charge in [-0.2, -0.15) is 0 Å². The van der Waals surface area contributed by atoms with Gasteiger partial charge in [-0.3, -0.25) is 13.8 Å². The van der Waals surface area contributed by atoms with Gasteiger partial charge in [0.2, 0.25) is 5.91 Å². The Morgan fingerprint density at radius 2 is 1.49 bits per heavy atom. The molecule has 8 nitrogen and oxygen atoms in total. The fourth-order valence-corrected chi connectivity index (χ4v) is 6.50. The van der Waals surface area contributed by atoms with Gasteiger partial charge in [-0.1, -0.05) is 48.0 Å². The quantitative estimate of drug-likeness (QED) is 0.267. The van der Waals surface area contributed by atoms with Gasteiger partial charge < -0.3 is 5.32 Å². The van der Waals surface area contributed by atoms with Crippen LogP contribution in [0, 0.1) is 13.8 Å². The van der Waals surface area contributed by atoms with Crippen molar-refractivity contribution >= 4 is 54.6 Å². The summed E-state index contributed by atoms with van der Waals surface area (Å²) in [4.78, 5) is 13.0. The fraction of sp³-hybridized carbons (Fsp3) is 0.107. The first-order chi connectivity index (χ1) is 18.5. The van der Waals surface area contributed by atoms with Crippen LogP contribution in [0.5, 0.6) is 0 Å². The van der Waals surface area contributed by atoms with E-state index in [9.17, 15) is 21.6 Å². The molecule has 0 saturated carbocycles. The highest BCUT2D eigenvalue weighted by atomic mass is 35.5. The molecule has 0 unspecified atom stereocenters. The molecule has 0 aliphatic carbocycles. The Morgan fingerprint density at radius 3 is 2.15 bits per heavy atom. The summed E-state index contributed by atoms with van der Waals surface area (Å²) in [5, 5.41) is 2.94. The summed E-state index contributed by atoms with van der Waals surface area (Å²) < 4.78 is 56.2. The SMILES string of the molecule is Cc1ccc(C)c(NS(=O)(=O)c2ccc(NC(=O)CN(c3cccc(Cl)c3)S(=O)(=O)c3ccccc3)cc2)c1. The van der Waals surface area contributed by atoms with Crippen molar-refractivity contribution in [1.29, 1.82) is 0 Å². The summed E-state index contributed by atoms with van der Waals surface area (Å²) >= 11 is 6.09. The molecule has 11 heteroatoms. The lowest BCUT2D eigenvalue weighted by atomic mass is 10.1. The molecule has 0 aliphatic rings. The third kappa shape index (κ3) is 6.78. The van der Waals surface area contributed by atoms with E-state index in [1.54, 1.807) is 49.4 Å². The Hall–Kier alpha value is -3.86. The Bertz CT molecular complexity index is 1710. The molecule has 2 N–H and O–H groups in total. The van der Waals surface area contributed by atoms with E-state index >= 15 is 0 Å². The minimum atomic E-state index is -4.09. The lowest BCUT2D eigenvalue weighted by Gasteiger charge is -2.24. The van der Waals surface area contributed by atoms with Crippen molar-refractivity contribution in [1.82, 2.24) is 0 Å². The van der Waals surface area contributed by atoms with Crippen LogP contribution in [-0.4, -0.2) is 29.3 Å². The zero-order chi connectivity index (χ0) is 28.2. The van der Waals surface area contributed by atoms with Crippen molar-refractivity contribution in [3.05, 3.63) is 113 Å². The van der Waals surface area contributed by atoms with E-state index in [2.05, 4.69) is 10.0 Å². The van der Waals surface area contributed by atoms with Crippen molar-refractivity contribution in [2.75, 3.05) is 20.9 Å². The van der Waals surface area contributed by atoms with Gasteiger partial charge >= 0.3 is 0 Å². The standard InChI is InChI=1S/C28H26ClN3O5S2/c1-20-11-12-21(2)27(17-20)31-38(34,35)25-15-13-23(14-16-25)30-28(33)19-32(24-8-6-7-22(29)18-24)39(36,37)26-9-4-3-5-10-26/h3-18,31H,19H2,1-2H3,(H,30,33). The lowest BCUT2D eigenvalue weighted by molar-refractivity contribution is -0.114. The highest BCUT2D eigenvalue weighted by molar-refractivity contribution is 7.93. The molecule has 202 valence electrons. The van der Waals surface area contributed by atoms with E-state index in [4.69, 9.17) is 11.6 Å². The van der Waals surface area contributed by atoms with Crippen LogP contribution in [0.1, 0.15) is 11.1 Å². The molecule has 4 aromatic carbocycles. The molecule has 0 fully saturated rings. The minimum absolute atomic E-state index is 0.00798. The number of hydrogen-bond donors (Lipinski definition) is 2. The lowest BCUT2D eigenvalue weighted by Crippen LogP contribution is -2.38.